The monoisotopic (exact) mass is 433 g/mol. The van der Waals surface area contributed by atoms with E-state index in [9.17, 15) is 9.59 Å². The van der Waals surface area contributed by atoms with Crippen LogP contribution in [-0.2, 0) is 6.42 Å². The van der Waals surface area contributed by atoms with Gasteiger partial charge in [0.25, 0.3) is 0 Å². The highest BCUT2D eigenvalue weighted by atomic mass is 16.1. The van der Waals surface area contributed by atoms with E-state index in [0.717, 1.165) is 21.9 Å². The van der Waals surface area contributed by atoms with E-state index in [-0.39, 0.29) is 23.9 Å². The van der Waals surface area contributed by atoms with E-state index >= 15 is 0 Å². The third-order valence-electron chi connectivity index (χ3n) is 5.97. The molecule has 5 aromatic rings. The van der Waals surface area contributed by atoms with Gasteiger partial charge in [-0.1, -0.05) is 67.6 Å². The van der Waals surface area contributed by atoms with Crippen LogP contribution in [0.4, 0.5) is 0 Å². The molecule has 5 rings (SSSR count). The number of nitrogens with zero attached hydrogens (tertiary/aromatic N) is 2. The van der Waals surface area contributed by atoms with Crippen LogP contribution in [0, 0.1) is 0 Å². The zero-order chi connectivity index (χ0) is 22.8. The van der Waals surface area contributed by atoms with Gasteiger partial charge in [0.15, 0.2) is 11.6 Å². The molecule has 33 heavy (non-hydrogen) atoms. The minimum Gasteiger partial charge on any atom is -0.342 e. The third kappa shape index (κ3) is 4.30. The highest BCUT2D eigenvalue weighted by molar-refractivity contribution is 6.06. The van der Waals surface area contributed by atoms with E-state index in [0.29, 0.717) is 29.0 Å². The summed E-state index contributed by atoms with van der Waals surface area (Å²) in [6.07, 6.45) is 2.20. The van der Waals surface area contributed by atoms with Crippen LogP contribution in [0.15, 0.2) is 85.1 Å². The molecule has 3 aromatic carbocycles. The van der Waals surface area contributed by atoms with Crippen molar-refractivity contribution in [3.8, 4) is 0 Å². The zero-order valence-electron chi connectivity index (χ0n) is 18.3. The number of imidazole rings is 1. The molecule has 0 aliphatic rings. The maximum absolute atomic E-state index is 13.1. The van der Waals surface area contributed by atoms with Gasteiger partial charge in [-0.25, -0.2) is 4.98 Å². The predicted octanol–water partition coefficient (Wildman–Crippen LogP) is 5.91. The Balaban J connectivity index is 1.37. The Morgan fingerprint density at radius 3 is 2.45 bits per heavy atom. The molecule has 2 heterocycles. The SMILES string of the molecule is C[C@@H](CC(=O)c1cccc2[nH]c(CC(=O)c3cc4ccccc4cn3)nc12)c1ccccc1. The van der Waals surface area contributed by atoms with E-state index in [4.69, 9.17) is 0 Å². The molecule has 0 fully saturated rings. The van der Waals surface area contributed by atoms with Gasteiger partial charge >= 0.3 is 0 Å². The van der Waals surface area contributed by atoms with Crippen molar-refractivity contribution in [1.82, 2.24) is 15.0 Å². The lowest BCUT2D eigenvalue weighted by atomic mass is 9.93. The van der Waals surface area contributed by atoms with Crippen molar-refractivity contribution < 1.29 is 9.59 Å². The van der Waals surface area contributed by atoms with Crippen LogP contribution in [0.3, 0.4) is 0 Å². The van der Waals surface area contributed by atoms with Crippen molar-refractivity contribution in [3.05, 3.63) is 108 Å². The second-order valence-corrected chi connectivity index (χ2v) is 8.34. The van der Waals surface area contributed by atoms with Crippen LogP contribution in [0.5, 0.6) is 0 Å². The minimum atomic E-state index is -0.120. The van der Waals surface area contributed by atoms with Crippen LogP contribution < -0.4 is 0 Å². The normalized spacial score (nSPS) is 12.2. The number of para-hydroxylation sites is 1. The first-order chi connectivity index (χ1) is 16.1. The van der Waals surface area contributed by atoms with Crippen LogP contribution in [0.1, 0.15) is 51.5 Å². The van der Waals surface area contributed by atoms with Crippen molar-refractivity contribution in [2.24, 2.45) is 0 Å². The maximum Gasteiger partial charge on any atom is 0.188 e. The van der Waals surface area contributed by atoms with Crippen LogP contribution in [0.25, 0.3) is 21.8 Å². The van der Waals surface area contributed by atoms with Gasteiger partial charge in [-0.15, -0.1) is 0 Å². The summed E-state index contributed by atoms with van der Waals surface area (Å²) in [4.78, 5) is 38.1. The summed E-state index contributed by atoms with van der Waals surface area (Å²) in [5, 5.41) is 1.96. The van der Waals surface area contributed by atoms with Gasteiger partial charge in [-0.05, 0) is 35.1 Å². The third-order valence-corrected chi connectivity index (χ3v) is 5.97. The summed E-state index contributed by atoms with van der Waals surface area (Å²) < 4.78 is 0. The predicted molar refractivity (Wildman–Crippen MR) is 130 cm³/mol. The van der Waals surface area contributed by atoms with Gasteiger partial charge < -0.3 is 4.98 Å². The molecule has 2 aromatic heterocycles. The number of aromatic nitrogens is 3. The quantitative estimate of drug-likeness (QED) is 0.324. The largest absolute Gasteiger partial charge is 0.342 e. The van der Waals surface area contributed by atoms with E-state index < -0.39 is 0 Å². The molecule has 0 spiro atoms. The smallest absolute Gasteiger partial charge is 0.188 e. The second kappa shape index (κ2) is 8.79. The molecular formula is C28H23N3O2. The molecule has 0 saturated heterocycles. The highest BCUT2D eigenvalue weighted by Gasteiger charge is 2.19. The zero-order valence-corrected chi connectivity index (χ0v) is 18.3. The van der Waals surface area contributed by atoms with Gasteiger partial charge in [0.2, 0.25) is 0 Å². The van der Waals surface area contributed by atoms with E-state index in [1.807, 2.05) is 66.7 Å². The fourth-order valence-corrected chi connectivity index (χ4v) is 4.16. The number of fused-ring (bicyclic) bond motifs is 2. The molecule has 0 saturated carbocycles. The molecule has 0 aliphatic heterocycles. The molecule has 0 aliphatic carbocycles. The van der Waals surface area contributed by atoms with E-state index in [1.54, 1.807) is 18.3 Å². The Morgan fingerprint density at radius 2 is 1.64 bits per heavy atom. The van der Waals surface area contributed by atoms with Crippen molar-refractivity contribution in [2.45, 2.75) is 25.7 Å². The van der Waals surface area contributed by atoms with Gasteiger partial charge in [0, 0.05) is 23.6 Å². The molecule has 1 N–H and O–H groups in total. The molecule has 0 bridgehead atoms. The fourth-order valence-electron chi connectivity index (χ4n) is 4.16. The van der Waals surface area contributed by atoms with Crippen LogP contribution >= 0.6 is 0 Å². The number of Topliss-reactive ketones (excluding diaryl/α,β-unsaturated/α-hetero) is 2. The minimum absolute atomic E-state index is 0.0394. The first kappa shape index (κ1) is 20.8. The second-order valence-electron chi connectivity index (χ2n) is 8.34. The van der Waals surface area contributed by atoms with Crippen LogP contribution in [-0.4, -0.2) is 26.5 Å². The van der Waals surface area contributed by atoms with Crippen LogP contribution in [0.2, 0.25) is 0 Å². The average molecular weight is 434 g/mol. The van der Waals surface area contributed by atoms with Gasteiger partial charge in [0.05, 0.1) is 17.5 Å². The van der Waals surface area contributed by atoms with Crippen molar-refractivity contribution in [1.29, 1.82) is 0 Å². The number of rotatable bonds is 7. The number of carbonyl (C=O) groups is 2. The highest BCUT2D eigenvalue weighted by Crippen LogP contribution is 2.24. The number of benzene rings is 3. The first-order valence-electron chi connectivity index (χ1n) is 11.0. The molecule has 0 unspecified atom stereocenters. The van der Waals surface area contributed by atoms with Gasteiger partial charge in [-0.2, -0.15) is 0 Å². The summed E-state index contributed by atoms with van der Waals surface area (Å²) in [6, 6.07) is 25.2. The molecule has 1 atom stereocenters. The molecule has 0 radical (unpaired) electrons. The number of carbonyl (C=O) groups excluding carboxylic acids is 2. The summed E-state index contributed by atoms with van der Waals surface area (Å²) in [5.74, 6) is 0.553. The van der Waals surface area contributed by atoms with Crippen molar-refractivity contribution in [3.63, 3.8) is 0 Å². The number of aromatic amines is 1. The Bertz CT molecular complexity index is 1470. The summed E-state index contributed by atoms with van der Waals surface area (Å²) >= 11 is 0. The standard InChI is InChI=1S/C28H23N3O2/c1-18(19-8-3-2-4-9-19)14-25(32)22-12-7-13-23-28(22)31-27(30-23)16-26(33)24-15-20-10-5-6-11-21(20)17-29-24/h2-13,15,17-18H,14,16H2,1H3,(H,30,31)/t18-/m0/s1. The number of H-pyrrole nitrogens is 1. The number of hydrogen-bond acceptors (Lipinski definition) is 4. The van der Waals surface area contributed by atoms with Gasteiger partial charge in [-0.3, -0.25) is 14.6 Å². The Labute approximate surface area is 191 Å². The molecular weight excluding hydrogens is 410 g/mol. The molecule has 5 heteroatoms. The summed E-state index contributed by atoms with van der Waals surface area (Å²) in [6.45, 7) is 2.05. The lowest BCUT2D eigenvalue weighted by molar-refractivity contribution is 0.0973. The van der Waals surface area contributed by atoms with E-state index in [2.05, 4.69) is 21.9 Å². The average Bonchev–Trinajstić information content (AvgIpc) is 3.26. The molecule has 5 nitrogen and oxygen atoms in total. The van der Waals surface area contributed by atoms with Crippen molar-refractivity contribution >= 4 is 33.4 Å². The topological polar surface area (TPSA) is 75.7 Å². The Kier molecular flexibility index (Phi) is 5.53. The lowest BCUT2D eigenvalue weighted by Crippen LogP contribution is -2.07. The van der Waals surface area contributed by atoms with E-state index in [1.165, 1.54) is 0 Å². The van der Waals surface area contributed by atoms with Crippen molar-refractivity contribution in [2.75, 3.05) is 0 Å². The number of hydrogen-bond donors (Lipinski definition) is 1. The first-order valence-corrected chi connectivity index (χ1v) is 11.0. The maximum atomic E-state index is 13.1. The summed E-state index contributed by atoms with van der Waals surface area (Å²) in [7, 11) is 0. The Hall–Kier alpha value is -4.12. The summed E-state index contributed by atoms with van der Waals surface area (Å²) in [5.41, 5.74) is 3.48. The van der Waals surface area contributed by atoms with Gasteiger partial charge in [0.1, 0.15) is 11.5 Å². The number of pyridine rings is 1. The molecule has 162 valence electrons. The fraction of sp³-hybridized carbons (Fsp3) is 0.143. The lowest BCUT2D eigenvalue weighted by Gasteiger charge is -2.11. The number of ketones is 2. The molecule has 0 amide bonds. The Morgan fingerprint density at radius 1 is 0.879 bits per heavy atom. The number of nitrogens with one attached hydrogen (secondary N) is 1.